The zero-order valence-electron chi connectivity index (χ0n) is 8.06. The van der Waals surface area contributed by atoms with E-state index in [1.54, 1.807) is 12.1 Å². The molecular formula is C10H10Br2FNO. The Bertz CT molecular complexity index is 368. The van der Waals surface area contributed by atoms with Crippen LogP contribution in [0.15, 0.2) is 22.7 Å². The molecule has 0 fully saturated rings. The minimum absolute atomic E-state index is 0.0533. The van der Waals surface area contributed by atoms with E-state index in [0.29, 0.717) is 11.0 Å². The molecule has 82 valence electrons. The van der Waals surface area contributed by atoms with Gasteiger partial charge in [0.1, 0.15) is 5.82 Å². The zero-order valence-corrected chi connectivity index (χ0v) is 11.2. The summed E-state index contributed by atoms with van der Waals surface area (Å²) < 4.78 is 13.8. The van der Waals surface area contributed by atoms with Gasteiger partial charge < -0.3 is 5.32 Å². The third-order valence-corrected chi connectivity index (χ3v) is 2.68. The first kappa shape index (κ1) is 12.6. The second-order valence-electron chi connectivity index (χ2n) is 3.09. The summed E-state index contributed by atoms with van der Waals surface area (Å²) in [5, 5.41) is 2.62. The van der Waals surface area contributed by atoms with Crippen molar-refractivity contribution in [2.24, 2.45) is 0 Å². The highest BCUT2D eigenvalue weighted by molar-refractivity contribution is 9.10. The van der Waals surface area contributed by atoms with Crippen LogP contribution in [0.1, 0.15) is 17.3 Å². The fourth-order valence-corrected chi connectivity index (χ4v) is 1.54. The summed E-state index contributed by atoms with van der Waals surface area (Å²) in [4.78, 5) is 11.7. The van der Waals surface area contributed by atoms with Crippen LogP contribution in [0.5, 0.6) is 0 Å². The molecule has 2 nitrogen and oxygen atoms in total. The van der Waals surface area contributed by atoms with Gasteiger partial charge in [0.25, 0.3) is 5.91 Å². The van der Waals surface area contributed by atoms with Gasteiger partial charge in [0.15, 0.2) is 0 Å². The normalized spacial score (nSPS) is 12.3. The average molecular weight is 339 g/mol. The number of hydrogen-bond acceptors (Lipinski definition) is 1. The largest absolute Gasteiger partial charge is 0.351 e. The maximum absolute atomic E-state index is 13.5. The summed E-state index contributed by atoms with van der Waals surface area (Å²) in [5.41, 5.74) is 0.0533. The van der Waals surface area contributed by atoms with Crippen LogP contribution in [0.2, 0.25) is 0 Å². The minimum Gasteiger partial charge on any atom is -0.351 e. The van der Waals surface area contributed by atoms with Crippen LogP contribution < -0.4 is 5.32 Å². The number of hydrogen-bond donors (Lipinski definition) is 1. The van der Waals surface area contributed by atoms with E-state index >= 15 is 0 Å². The van der Waals surface area contributed by atoms with Crippen LogP contribution in [0.25, 0.3) is 0 Å². The van der Waals surface area contributed by atoms with E-state index in [1.807, 2.05) is 6.92 Å². The molecule has 0 heterocycles. The topological polar surface area (TPSA) is 29.1 Å². The Morgan fingerprint density at radius 2 is 2.27 bits per heavy atom. The van der Waals surface area contributed by atoms with E-state index in [1.165, 1.54) is 6.07 Å². The molecule has 15 heavy (non-hydrogen) atoms. The highest BCUT2D eigenvalue weighted by atomic mass is 79.9. The number of amides is 1. The quantitative estimate of drug-likeness (QED) is 0.843. The van der Waals surface area contributed by atoms with Crippen molar-refractivity contribution >= 4 is 37.8 Å². The Labute approximate surface area is 105 Å². The van der Waals surface area contributed by atoms with E-state index < -0.39 is 11.7 Å². The van der Waals surface area contributed by atoms with Crippen molar-refractivity contribution in [1.82, 2.24) is 5.32 Å². The van der Waals surface area contributed by atoms with Gasteiger partial charge in [-0.2, -0.15) is 0 Å². The minimum atomic E-state index is -0.530. The first-order valence-electron chi connectivity index (χ1n) is 4.38. The lowest BCUT2D eigenvalue weighted by atomic mass is 10.2. The molecule has 1 unspecified atom stereocenters. The number of rotatable bonds is 3. The molecule has 1 aromatic carbocycles. The van der Waals surface area contributed by atoms with Gasteiger partial charge in [-0.25, -0.2) is 4.39 Å². The van der Waals surface area contributed by atoms with Gasteiger partial charge in [-0.1, -0.05) is 28.9 Å². The first-order chi connectivity index (χ1) is 7.02. The Hall–Kier alpha value is -0.420. The standard InChI is InChI=1S/C10H10Br2FNO/c1-6(11)5-14-10(15)7-3-2-4-8(12)9(7)13/h2-4,6H,5H2,1H3,(H,14,15). The molecule has 0 saturated heterocycles. The molecule has 0 aromatic heterocycles. The van der Waals surface area contributed by atoms with E-state index in [4.69, 9.17) is 0 Å². The number of nitrogens with one attached hydrogen (secondary N) is 1. The molecule has 0 saturated carbocycles. The van der Waals surface area contributed by atoms with Gasteiger partial charge in [-0.3, -0.25) is 4.79 Å². The molecular weight excluding hydrogens is 329 g/mol. The third kappa shape index (κ3) is 3.57. The predicted octanol–water partition coefficient (Wildman–Crippen LogP) is 3.10. The van der Waals surface area contributed by atoms with E-state index in [2.05, 4.69) is 37.2 Å². The summed E-state index contributed by atoms with van der Waals surface area (Å²) >= 11 is 6.32. The van der Waals surface area contributed by atoms with Crippen molar-refractivity contribution in [3.05, 3.63) is 34.1 Å². The summed E-state index contributed by atoms with van der Waals surface area (Å²) in [6.45, 7) is 2.36. The van der Waals surface area contributed by atoms with Crippen molar-refractivity contribution < 1.29 is 9.18 Å². The molecule has 0 aliphatic heterocycles. The van der Waals surface area contributed by atoms with Crippen LogP contribution in [0.3, 0.4) is 0 Å². The van der Waals surface area contributed by atoms with E-state index in [-0.39, 0.29) is 10.4 Å². The van der Waals surface area contributed by atoms with E-state index in [9.17, 15) is 9.18 Å². The maximum atomic E-state index is 13.5. The number of alkyl halides is 1. The molecule has 5 heteroatoms. The Kier molecular flexibility index (Phi) is 4.73. The zero-order chi connectivity index (χ0) is 11.4. The highest BCUT2D eigenvalue weighted by Crippen LogP contribution is 2.18. The lowest BCUT2D eigenvalue weighted by Crippen LogP contribution is -2.29. The molecule has 1 amide bonds. The van der Waals surface area contributed by atoms with Gasteiger partial charge in [-0.15, -0.1) is 0 Å². The molecule has 1 rings (SSSR count). The highest BCUT2D eigenvalue weighted by Gasteiger charge is 2.13. The lowest BCUT2D eigenvalue weighted by Gasteiger charge is -2.07. The predicted molar refractivity (Wildman–Crippen MR) is 64.8 cm³/mol. The number of carbonyl (C=O) groups excluding carboxylic acids is 1. The lowest BCUT2D eigenvalue weighted by molar-refractivity contribution is 0.0950. The summed E-state index contributed by atoms with van der Waals surface area (Å²) in [6, 6.07) is 4.63. The molecule has 0 aliphatic rings. The second-order valence-corrected chi connectivity index (χ2v) is 5.51. The van der Waals surface area contributed by atoms with Gasteiger partial charge in [-0.05, 0) is 28.1 Å². The first-order valence-corrected chi connectivity index (χ1v) is 6.09. The number of benzene rings is 1. The summed E-state index contributed by atoms with van der Waals surface area (Å²) in [7, 11) is 0. The molecule has 0 spiro atoms. The average Bonchev–Trinajstić information content (AvgIpc) is 2.18. The van der Waals surface area contributed by atoms with Crippen LogP contribution in [0, 0.1) is 5.82 Å². The molecule has 1 N–H and O–H groups in total. The van der Waals surface area contributed by atoms with Crippen molar-refractivity contribution in [2.45, 2.75) is 11.8 Å². The van der Waals surface area contributed by atoms with Crippen LogP contribution >= 0.6 is 31.9 Å². The number of halogens is 3. The van der Waals surface area contributed by atoms with Crippen LogP contribution in [-0.4, -0.2) is 17.3 Å². The summed E-state index contributed by atoms with van der Waals surface area (Å²) in [6.07, 6.45) is 0. The van der Waals surface area contributed by atoms with Gasteiger partial charge in [0, 0.05) is 11.4 Å². The second kappa shape index (κ2) is 5.61. The fraction of sp³-hybridized carbons (Fsp3) is 0.300. The maximum Gasteiger partial charge on any atom is 0.254 e. The Morgan fingerprint density at radius 3 is 2.87 bits per heavy atom. The molecule has 1 aromatic rings. The van der Waals surface area contributed by atoms with Crippen molar-refractivity contribution in [3.63, 3.8) is 0 Å². The smallest absolute Gasteiger partial charge is 0.254 e. The van der Waals surface area contributed by atoms with Gasteiger partial charge in [0.05, 0.1) is 10.0 Å². The van der Waals surface area contributed by atoms with Crippen molar-refractivity contribution in [2.75, 3.05) is 6.54 Å². The van der Waals surface area contributed by atoms with Gasteiger partial charge >= 0.3 is 0 Å². The Morgan fingerprint density at radius 1 is 1.60 bits per heavy atom. The van der Waals surface area contributed by atoms with Crippen LogP contribution in [-0.2, 0) is 0 Å². The van der Waals surface area contributed by atoms with Crippen molar-refractivity contribution in [3.8, 4) is 0 Å². The molecule has 0 aliphatic carbocycles. The fourth-order valence-electron chi connectivity index (χ4n) is 1.01. The molecule has 0 bridgehead atoms. The third-order valence-electron chi connectivity index (χ3n) is 1.74. The molecule has 1 atom stereocenters. The van der Waals surface area contributed by atoms with E-state index in [0.717, 1.165) is 0 Å². The monoisotopic (exact) mass is 337 g/mol. The van der Waals surface area contributed by atoms with Crippen LogP contribution in [0.4, 0.5) is 4.39 Å². The Balaban J connectivity index is 2.78. The number of carbonyl (C=O) groups is 1. The molecule has 0 radical (unpaired) electrons. The summed E-state index contributed by atoms with van der Waals surface area (Å²) in [5.74, 6) is -0.933. The SMILES string of the molecule is CC(Br)CNC(=O)c1cccc(Br)c1F. The van der Waals surface area contributed by atoms with Crippen molar-refractivity contribution in [1.29, 1.82) is 0 Å². The van der Waals surface area contributed by atoms with Gasteiger partial charge in [0.2, 0.25) is 0 Å².